The van der Waals surface area contributed by atoms with Crippen LogP contribution in [-0.2, 0) is 6.42 Å². The zero-order valence-electron chi connectivity index (χ0n) is 17.5. The van der Waals surface area contributed by atoms with Gasteiger partial charge < -0.3 is 10.6 Å². The van der Waals surface area contributed by atoms with Gasteiger partial charge in [-0.05, 0) is 41.9 Å². The molecule has 1 spiro atoms. The summed E-state index contributed by atoms with van der Waals surface area (Å²) in [6, 6.07) is 16.4. The first-order valence-electron chi connectivity index (χ1n) is 10.9. The van der Waals surface area contributed by atoms with Gasteiger partial charge in [0, 0.05) is 37.0 Å². The van der Waals surface area contributed by atoms with E-state index in [1.165, 1.54) is 11.1 Å². The van der Waals surface area contributed by atoms with E-state index in [1.807, 2.05) is 35.1 Å². The summed E-state index contributed by atoms with van der Waals surface area (Å²) in [6.07, 6.45) is 6.96. The van der Waals surface area contributed by atoms with Gasteiger partial charge in [-0.2, -0.15) is 0 Å². The number of rotatable bonds is 2. The minimum atomic E-state index is 0.119. The maximum absolute atomic E-state index is 6.73. The zero-order chi connectivity index (χ0) is 21.9. The number of nitrogens with zero attached hydrogens (tertiary/aromatic N) is 4. The van der Waals surface area contributed by atoms with E-state index in [1.54, 1.807) is 6.07 Å². The van der Waals surface area contributed by atoms with Crippen LogP contribution in [0.3, 0.4) is 0 Å². The van der Waals surface area contributed by atoms with Crippen LogP contribution in [0.5, 0.6) is 0 Å². The lowest BCUT2D eigenvalue weighted by atomic mass is 9.73. The molecule has 0 saturated carbocycles. The molecule has 6 rings (SSSR count). The number of fused-ring (bicyclic) bond motifs is 2. The Morgan fingerprint density at radius 1 is 1.03 bits per heavy atom. The third-order valence-corrected chi connectivity index (χ3v) is 8.06. The molecule has 0 bridgehead atoms. The predicted octanol–water partition coefficient (Wildman–Crippen LogP) is 5.55. The molecule has 1 fully saturated rings. The van der Waals surface area contributed by atoms with Gasteiger partial charge in [0.25, 0.3) is 0 Å². The summed E-state index contributed by atoms with van der Waals surface area (Å²) in [7, 11) is 0. The van der Waals surface area contributed by atoms with Crippen molar-refractivity contribution in [2.75, 3.05) is 18.0 Å². The Bertz CT molecular complexity index is 1320. The average molecular weight is 464 g/mol. The molecule has 0 amide bonds. The molecule has 2 aromatic carbocycles. The van der Waals surface area contributed by atoms with Gasteiger partial charge in [-0.3, -0.25) is 4.40 Å². The van der Waals surface area contributed by atoms with E-state index in [0.717, 1.165) is 55.1 Å². The fraction of sp³-hybridized carbons (Fsp3) is 0.280. The highest BCUT2D eigenvalue weighted by Crippen LogP contribution is 2.50. The quantitative estimate of drug-likeness (QED) is 0.423. The number of piperidine rings is 1. The van der Waals surface area contributed by atoms with Gasteiger partial charge in [0.2, 0.25) is 0 Å². The molecular formula is C25H23Cl2N5. The molecular weight excluding hydrogens is 441 g/mol. The number of imidazole rings is 1. The molecule has 1 atom stereocenters. The summed E-state index contributed by atoms with van der Waals surface area (Å²) < 4.78 is 1.92. The number of halogens is 2. The summed E-state index contributed by atoms with van der Waals surface area (Å²) in [5.74, 6) is 0.950. The number of hydrogen-bond donors (Lipinski definition) is 1. The smallest absolute Gasteiger partial charge is 0.142 e. The number of nitrogens with two attached hydrogens (primary N) is 1. The molecule has 1 aliphatic carbocycles. The highest BCUT2D eigenvalue weighted by molar-refractivity contribution is 6.43. The van der Waals surface area contributed by atoms with Gasteiger partial charge in [-0.25, -0.2) is 9.97 Å². The Morgan fingerprint density at radius 2 is 1.84 bits per heavy atom. The van der Waals surface area contributed by atoms with Crippen molar-refractivity contribution in [2.45, 2.75) is 25.3 Å². The second-order valence-corrected chi connectivity index (χ2v) is 9.73. The molecule has 2 aromatic heterocycles. The van der Waals surface area contributed by atoms with E-state index < -0.39 is 0 Å². The van der Waals surface area contributed by atoms with Crippen molar-refractivity contribution in [1.29, 1.82) is 0 Å². The van der Waals surface area contributed by atoms with Gasteiger partial charge >= 0.3 is 0 Å². The second kappa shape index (κ2) is 7.48. The lowest BCUT2D eigenvalue weighted by Gasteiger charge is -2.42. The van der Waals surface area contributed by atoms with Crippen LogP contribution in [0.4, 0.5) is 5.82 Å². The minimum absolute atomic E-state index is 0.119. The average Bonchev–Trinajstić information content (AvgIpc) is 3.35. The molecule has 1 saturated heterocycles. The summed E-state index contributed by atoms with van der Waals surface area (Å²) >= 11 is 12.6. The van der Waals surface area contributed by atoms with E-state index >= 15 is 0 Å². The Labute approximate surface area is 196 Å². The topological polar surface area (TPSA) is 59.5 Å². The molecule has 1 aliphatic heterocycles. The van der Waals surface area contributed by atoms with Crippen molar-refractivity contribution in [1.82, 2.24) is 14.4 Å². The van der Waals surface area contributed by atoms with E-state index in [4.69, 9.17) is 38.9 Å². The maximum atomic E-state index is 6.73. The third kappa shape index (κ3) is 3.11. The van der Waals surface area contributed by atoms with Crippen LogP contribution in [0.25, 0.3) is 16.9 Å². The molecule has 0 radical (unpaired) electrons. The highest BCUT2D eigenvalue weighted by Gasteiger charge is 2.45. The third-order valence-electron chi connectivity index (χ3n) is 7.24. The van der Waals surface area contributed by atoms with Crippen LogP contribution in [0.1, 0.15) is 30.0 Å². The van der Waals surface area contributed by atoms with Gasteiger partial charge in [-0.1, -0.05) is 59.6 Å². The minimum Gasteiger partial charge on any atom is -0.356 e. The molecule has 2 N–H and O–H groups in total. The number of aromatic nitrogens is 3. The fourth-order valence-electron chi connectivity index (χ4n) is 5.37. The molecule has 7 heteroatoms. The Morgan fingerprint density at radius 3 is 2.66 bits per heavy atom. The Hall–Kier alpha value is -2.60. The number of anilines is 1. The summed E-state index contributed by atoms with van der Waals surface area (Å²) in [5.41, 5.74) is 12.1. The molecule has 4 aromatic rings. The monoisotopic (exact) mass is 463 g/mol. The standard InChI is InChI=1S/C25H23Cl2N5/c26-19-7-3-6-18(23(19)27)20-14-32-15-29-21(12-22(32)30-20)31-10-8-25(9-11-31)13-16-4-1-2-5-17(16)24(25)28/h1-7,12,14-15,24H,8-11,13,28H2/t24-/m1/s1. The van der Waals surface area contributed by atoms with Crippen molar-refractivity contribution < 1.29 is 0 Å². The van der Waals surface area contributed by atoms with E-state index in [0.29, 0.717) is 10.0 Å². The highest BCUT2D eigenvalue weighted by atomic mass is 35.5. The van der Waals surface area contributed by atoms with Crippen molar-refractivity contribution in [3.63, 3.8) is 0 Å². The maximum Gasteiger partial charge on any atom is 0.142 e. The van der Waals surface area contributed by atoms with Crippen molar-refractivity contribution in [3.8, 4) is 11.3 Å². The predicted molar refractivity (Wildman–Crippen MR) is 129 cm³/mol. The summed E-state index contributed by atoms with van der Waals surface area (Å²) in [5, 5.41) is 1.04. The SMILES string of the molecule is N[C@@H]1c2ccccc2CC12CCN(c1cc3nc(-c4cccc(Cl)c4Cl)cn3cn1)CC2. The zero-order valence-corrected chi connectivity index (χ0v) is 19.0. The van der Waals surface area contributed by atoms with Crippen LogP contribution in [-0.4, -0.2) is 27.5 Å². The first-order valence-corrected chi connectivity index (χ1v) is 11.7. The first-order chi connectivity index (χ1) is 15.5. The van der Waals surface area contributed by atoms with Crippen LogP contribution in [0.2, 0.25) is 10.0 Å². The van der Waals surface area contributed by atoms with Crippen LogP contribution >= 0.6 is 23.2 Å². The van der Waals surface area contributed by atoms with Gasteiger partial charge in [0.1, 0.15) is 17.8 Å². The molecule has 5 nitrogen and oxygen atoms in total. The lowest BCUT2D eigenvalue weighted by molar-refractivity contribution is 0.187. The number of hydrogen-bond acceptors (Lipinski definition) is 4. The summed E-state index contributed by atoms with van der Waals surface area (Å²) in [4.78, 5) is 11.8. The van der Waals surface area contributed by atoms with E-state index in [9.17, 15) is 0 Å². The Kier molecular flexibility index (Phi) is 4.68. The van der Waals surface area contributed by atoms with Gasteiger partial charge in [0.15, 0.2) is 0 Å². The van der Waals surface area contributed by atoms with Crippen LogP contribution in [0, 0.1) is 5.41 Å². The molecule has 0 unspecified atom stereocenters. The van der Waals surface area contributed by atoms with Gasteiger partial charge in [-0.15, -0.1) is 0 Å². The Balaban J connectivity index is 1.24. The van der Waals surface area contributed by atoms with Crippen LogP contribution in [0.15, 0.2) is 61.1 Å². The second-order valence-electron chi connectivity index (χ2n) is 8.94. The van der Waals surface area contributed by atoms with Crippen LogP contribution < -0.4 is 10.6 Å². The van der Waals surface area contributed by atoms with E-state index in [-0.39, 0.29) is 11.5 Å². The molecule has 3 heterocycles. The molecule has 2 aliphatic rings. The fourth-order valence-corrected chi connectivity index (χ4v) is 5.77. The largest absolute Gasteiger partial charge is 0.356 e. The van der Waals surface area contributed by atoms with Gasteiger partial charge in [0.05, 0.1) is 15.7 Å². The molecule has 162 valence electrons. The first kappa shape index (κ1) is 20.0. The van der Waals surface area contributed by atoms with Crippen molar-refractivity contribution >= 4 is 34.7 Å². The van der Waals surface area contributed by atoms with E-state index in [2.05, 4.69) is 29.2 Å². The number of benzene rings is 2. The lowest BCUT2D eigenvalue weighted by Crippen LogP contribution is -2.44. The normalized spacial score (nSPS) is 19.6. The van der Waals surface area contributed by atoms with Crippen molar-refractivity contribution in [3.05, 3.63) is 82.2 Å². The molecule has 32 heavy (non-hydrogen) atoms. The summed E-state index contributed by atoms with van der Waals surface area (Å²) in [6.45, 7) is 1.89. The van der Waals surface area contributed by atoms with Crippen molar-refractivity contribution in [2.24, 2.45) is 11.1 Å².